The molecule has 1 aromatic heterocycles. The number of benzene rings is 1. The number of ether oxygens (including phenoxy) is 1. The Bertz CT molecular complexity index is 597. The third-order valence-corrected chi connectivity index (χ3v) is 2.96. The van der Waals surface area contributed by atoms with E-state index in [9.17, 15) is 4.79 Å². The van der Waals surface area contributed by atoms with Gasteiger partial charge in [0, 0.05) is 18.4 Å². The molecule has 0 radical (unpaired) electrons. The van der Waals surface area contributed by atoms with Crippen molar-refractivity contribution in [2.24, 2.45) is 5.73 Å². The van der Waals surface area contributed by atoms with E-state index in [0.717, 1.165) is 17.7 Å². The highest BCUT2D eigenvalue weighted by molar-refractivity contribution is 6.02. The van der Waals surface area contributed by atoms with Crippen molar-refractivity contribution in [1.82, 2.24) is 4.98 Å². The molecule has 5 nitrogen and oxygen atoms in total. The Balaban J connectivity index is 2.01. The maximum absolute atomic E-state index is 12.1. The number of rotatable bonds is 6. The fourth-order valence-electron chi connectivity index (χ4n) is 1.82. The lowest BCUT2D eigenvalue weighted by molar-refractivity contribution is 0.102. The molecule has 0 saturated carbocycles. The predicted molar refractivity (Wildman–Crippen MR) is 82.6 cm³/mol. The molecular formula is C16H19N3O2. The molecule has 0 aliphatic heterocycles. The van der Waals surface area contributed by atoms with Gasteiger partial charge in [0.2, 0.25) is 0 Å². The van der Waals surface area contributed by atoms with Crippen LogP contribution in [0.3, 0.4) is 0 Å². The van der Waals surface area contributed by atoms with Gasteiger partial charge in [0.05, 0.1) is 0 Å². The second-order valence-corrected chi connectivity index (χ2v) is 4.52. The highest BCUT2D eigenvalue weighted by Crippen LogP contribution is 2.16. The zero-order valence-electron chi connectivity index (χ0n) is 12.0. The van der Waals surface area contributed by atoms with Crippen molar-refractivity contribution in [3.8, 4) is 5.75 Å². The summed E-state index contributed by atoms with van der Waals surface area (Å²) in [5, 5.41) is 2.81. The number of carbonyl (C=O) groups excluding carboxylic acids is 1. The fraction of sp³-hybridized carbons (Fsp3) is 0.250. The van der Waals surface area contributed by atoms with E-state index in [1.807, 2.05) is 13.0 Å². The number of carbonyl (C=O) groups is 1. The Kier molecular flexibility index (Phi) is 5.29. The number of nitrogens with one attached hydrogen (secondary N) is 1. The summed E-state index contributed by atoms with van der Waals surface area (Å²) in [5.74, 6) is 0.505. The van der Waals surface area contributed by atoms with Crippen LogP contribution in [0.25, 0.3) is 0 Å². The van der Waals surface area contributed by atoms with Crippen molar-refractivity contribution in [1.29, 1.82) is 0 Å². The van der Waals surface area contributed by atoms with Crippen molar-refractivity contribution < 1.29 is 9.53 Å². The fourth-order valence-corrected chi connectivity index (χ4v) is 1.82. The monoisotopic (exact) mass is 285 g/mol. The summed E-state index contributed by atoms with van der Waals surface area (Å²) in [5.41, 5.74) is 7.57. The smallest absolute Gasteiger partial charge is 0.274 e. The molecule has 0 atom stereocenters. The van der Waals surface area contributed by atoms with Crippen LogP contribution in [0.4, 0.5) is 5.69 Å². The molecule has 0 spiro atoms. The molecule has 2 rings (SSSR count). The second-order valence-electron chi connectivity index (χ2n) is 4.52. The first-order valence-electron chi connectivity index (χ1n) is 6.92. The summed E-state index contributed by atoms with van der Waals surface area (Å²) >= 11 is 0. The highest BCUT2D eigenvalue weighted by atomic mass is 16.5. The second kappa shape index (κ2) is 7.40. The molecule has 21 heavy (non-hydrogen) atoms. The SMILES string of the molecule is CCc1ccnc(C(=O)Nc2ccc(OCCN)cc2)c1. The Morgan fingerprint density at radius 1 is 1.29 bits per heavy atom. The number of aromatic nitrogens is 1. The van der Waals surface area contributed by atoms with Crippen molar-refractivity contribution in [2.75, 3.05) is 18.5 Å². The average Bonchev–Trinajstić information content (AvgIpc) is 2.54. The molecule has 2 aromatic rings. The first kappa shape index (κ1) is 15.0. The summed E-state index contributed by atoms with van der Waals surface area (Å²) in [6, 6.07) is 10.9. The van der Waals surface area contributed by atoms with E-state index in [2.05, 4.69) is 10.3 Å². The molecule has 3 N–H and O–H groups in total. The summed E-state index contributed by atoms with van der Waals surface area (Å²) in [6.07, 6.45) is 2.52. The van der Waals surface area contributed by atoms with E-state index in [1.54, 1.807) is 36.5 Å². The zero-order chi connectivity index (χ0) is 15.1. The summed E-state index contributed by atoms with van der Waals surface area (Å²) in [7, 11) is 0. The number of hydrogen-bond donors (Lipinski definition) is 2. The van der Waals surface area contributed by atoms with Crippen LogP contribution >= 0.6 is 0 Å². The highest BCUT2D eigenvalue weighted by Gasteiger charge is 2.08. The van der Waals surface area contributed by atoms with Gasteiger partial charge >= 0.3 is 0 Å². The lowest BCUT2D eigenvalue weighted by Gasteiger charge is -2.08. The molecule has 1 amide bonds. The van der Waals surface area contributed by atoms with Gasteiger partial charge in [-0.2, -0.15) is 0 Å². The molecule has 1 aromatic carbocycles. The maximum Gasteiger partial charge on any atom is 0.274 e. The van der Waals surface area contributed by atoms with Gasteiger partial charge in [-0.1, -0.05) is 6.92 Å². The van der Waals surface area contributed by atoms with Crippen molar-refractivity contribution in [3.63, 3.8) is 0 Å². The minimum Gasteiger partial charge on any atom is -0.492 e. The van der Waals surface area contributed by atoms with E-state index in [1.165, 1.54) is 0 Å². The molecule has 110 valence electrons. The van der Waals surface area contributed by atoms with Crippen LogP contribution in [0.15, 0.2) is 42.6 Å². The molecule has 0 fully saturated rings. The van der Waals surface area contributed by atoms with Crippen LogP contribution in [0.5, 0.6) is 5.75 Å². The number of pyridine rings is 1. The Labute approximate surface area is 124 Å². The van der Waals surface area contributed by atoms with Crippen LogP contribution in [-0.4, -0.2) is 24.0 Å². The van der Waals surface area contributed by atoms with Gasteiger partial charge < -0.3 is 15.8 Å². The van der Waals surface area contributed by atoms with Gasteiger partial charge in [0.15, 0.2) is 0 Å². The third-order valence-electron chi connectivity index (χ3n) is 2.96. The van der Waals surface area contributed by atoms with E-state index >= 15 is 0 Å². The summed E-state index contributed by atoms with van der Waals surface area (Å²) < 4.78 is 5.38. The van der Waals surface area contributed by atoms with E-state index in [-0.39, 0.29) is 5.91 Å². The molecule has 0 bridgehead atoms. The molecule has 0 aliphatic carbocycles. The zero-order valence-corrected chi connectivity index (χ0v) is 12.0. The number of amides is 1. The van der Waals surface area contributed by atoms with Gasteiger partial charge in [-0.3, -0.25) is 9.78 Å². The molecule has 0 unspecified atom stereocenters. The number of nitrogens with two attached hydrogens (primary N) is 1. The normalized spacial score (nSPS) is 10.2. The topological polar surface area (TPSA) is 77.2 Å². The number of nitrogens with zero attached hydrogens (tertiary/aromatic N) is 1. The standard InChI is InChI=1S/C16H19N3O2/c1-2-12-7-9-18-15(11-12)16(20)19-13-3-5-14(6-4-13)21-10-8-17/h3-7,9,11H,2,8,10,17H2,1H3,(H,19,20). The molecular weight excluding hydrogens is 266 g/mol. The van der Waals surface area contributed by atoms with Crippen molar-refractivity contribution >= 4 is 11.6 Å². The summed E-state index contributed by atoms with van der Waals surface area (Å²) in [4.78, 5) is 16.2. The van der Waals surface area contributed by atoms with E-state index in [0.29, 0.717) is 24.5 Å². The molecule has 1 heterocycles. The first-order chi connectivity index (χ1) is 10.2. The Morgan fingerprint density at radius 3 is 2.71 bits per heavy atom. The largest absolute Gasteiger partial charge is 0.492 e. The number of hydrogen-bond acceptors (Lipinski definition) is 4. The maximum atomic E-state index is 12.1. The lowest BCUT2D eigenvalue weighted by atomic mass is 10.2. The van der Waals surface area contributed by atoms with Gasteiger partial charge in [0.1, 0.15) is 18.1 Å². The van der Waals surface area contributed by atoms with Crippen molar-refractivity contribution in [3.05, 3.63) is 53.9 Å². The third kappa shape index (κ3) is 4.29. The van der Waals surface area contributed by atoms with Crippen LogP contribution in [0.2, 0.25) is 0 Å². The lowest BCUT2D eigenvalue weighted by Crippen LogP contribution is -2.14. The molecule has 5 heteroatoms. The number of anilines is 1. The average molecular weight is 285 g/mol. The molecule has 0 aliphatic rings. The quantitative estimate of drug-likeness (QED) is 0.853. The first-order valence-corrected chi connectivity index (χ1v) is 6.92. The van der Waals surface area contributed by atoms with Gasteiger partial charge in [-0.25, -0.2) is 0 Å². The van der Waals surface area contributed by atoms with Crippen LogP contribution < -0.4 is 15.8 Å². The Morgan fingerprint density at radius 2 is 2.05 bits per heavy atom. The molecule has 0 saturated heterocycles. The van der Waals surface area contributed by atoms with Gasteiger partial charge in [-0.05, 0) is 48.4 Å². The van der Waals surface area contributed by atoms with Gasteiger partial charge in [0.25, 0.3) is 5.91 Å². The minimum absolute atomic E-state index is 0.221. The van der Waals surface area contributed by atoms with Crippen molar-refractivity contribution in [2.45, 2.75) is 13.3 Å². The van der Waals surface area contributed by atoms with Gasteiger partial charge in [-0.15, -0.1) is 0 Å². The van der Waals surface area contributed by atoms with Crippen LogP contribution in [0, 0.1) is 0 Å². The summed E-state index contributed by atoms with van der Waals surface area (Å²) in [6.45, 7) is 2.98. The van der Waals surface area contributed by atoms with Crippen LogP contribution in [-0.2, 0) is 6.42 Å². The number of aryl methyl sites for hydroxylation is 1. The van der Waals surface area contributed by atoms with E-state index < -0.39 is 0 Å². The Hall–Kier alpha value is -2.40. The van der Waals surface area contributed by atoms with E-state index in [4.69, 9.17) is 10.5 Å². The van der Waals surface area contributed by atoms with Crippen LogP contribution in [0.1, 0.15) is 23.0 Å². The minimum atomic E-state index is -0.221. The predicted octanol–water partition coefficient (Wildman–Crippen LogP) is 2.23.